The van der Waals surface area contributed by atoms with Gasteiger partial charge < -0.3 is 19.9 Å². The SMILES string of the molecule is CCCC1(CNCc2cc(OC)c(O)c(OC)c2)CC1. The normalized spacial score (nSPS) is 15.9. The Balaban J connectivity index is 1.96. The number of hydrogen-bond donors (Lipinski definition) is 2. The zero-order chi connectivity index (χ0) is 14.6. The molecule has 0 bridgehead atoms. The second-order valence-corrected chi connectivity index (χ2v) is 5.70. The zero-order valence-electron chi connectivity index (χ0n) is 12.7. The molecule has 0 heterocycles. The monoisotopic (exact) mass is 279 g/mol. The summed E-state index contributed by atoms with van der Waals surface area (Å²) in [4.78, 5) is 0. The number of ether oxygens (including phenoxy) is 2. The van der Waals surface area contributed by atoms with Gasteiger partial charge in [-0.2, -0.15) is 0 Å². The van der Waals surface area contributed by atoms with Crippen molar-refractivity contribution >= 4 is 0 Å². The molecule has 0 aromatic heterocycles. The van der Waals surface area contributed by atoms with Crippen LogP contribution in [0, 0.1) is 5.41 Å². The Hall–Kier alpha value is -1.42. The summed E-state index contributed by atoms with van der Waals surface area (Å²) in [7, 11) is 3.10. The number of hydrogen-bond acceptors (Lipinski definition) is 4. The fourth-order valence-electron chi connectivity index (χ4n) is 2.74. The van der Waals surface area contributed by atoms with Gasteiger partial charge in [-0.1, -0.05) is 13.3 Å². The zero-order valence-corrected chi connectivity index (χ0v) is 12.7. The predicted octanol–water partition coefficient (Wildman–Crippen LogP) is 3.08. The van der Waals surface area contributed by atoms with E-state index < -0.39 is 0 Å². The molecule has 0 spiro atoms. The van der Waals surface area contributed by atoms with E-state index in [1.54, 1.807) is 14.2 Å². The molecule has 0 radical (unpaired) electrons. The van der Waals surface area contributed by atoms with Crippen molar-refractivity contribution in [1.29, 1.82) is 0 Å². The third-order valence-electron chi connectivity index (χ3n) is 4.11. The number of benzene rings is 1. The Bertz CT molecular complexity index is 430. The molecule has 112 valence electrons. The third-order valence-corrected chi connectivity index (χ3v) is 4.11. The molecule has 4 nitrogen and oxygen atoms in total. The minimum Gasteiger partial charge on any atom is -0.502 e. The number of aromatic hydroxyl groups is 1. The molecule has 20 heavy (non-hydrogen) atoms. The number of methoxy groups -OCH3 is 2. The van der Waals surface area contributed by atoms with Crippen LogP contribution in [-0.4, -0.2) is 25.9 Å². The highest BCUT2D eigenvalue weighted by atomic mass is 16.5. The standard InChI is InChI=1S/C16H25NO3/c1-4-5-16(6-7-16)11-17-10-12-8-13(19-2)15(18)14(9-12)20-3/h8-9,17-18H,4-7,10-11H2,1-3H3. The summed E-state index contributed by atoms with van der Waals surface area (Å²) in [5.41, 5.74) is 1.60. The van der Waals surface area contributed by atoms with Crippen molar-refractivity contribution in [2.75, 3.05) is 20.8 Å². The van der Waals surface area contributed by atoms with Crippen molar-refractivity contribution in [3.63, 3.8) is 0 Å². The van der Waals surface area contributed by atoms with Gasteiger partial charge in [-0.15, -0.1) is 0 Å². The smallest absolute Gasteiger partial charge is 0.200 e. The van der Waals surface area contributed by atoms with Crippen molar-refractivity contribution in [2.45, 2.75) is 39.2 Å². The van der Waals surface area contributed by atoms with Crippen molar-refractivity contribution in [3.8, 4) is 17.2 Å². The van der Waals surface area contributed by atoms with Crippen LogP contribution in [0.5, 0.6) is 17.2 Å². The van der Waals surface area contributed by atoms with Gasteiger partial charge in [0.25, 0.3) is 0 Å². The number of phenols is 1. The number of phenolic OH excluding ortho intramolecular Hbond substituents is 1. The minimum absolute atomic E-state index is 0.0587. The lowest BCUT2D eigenvalue weighted by Crippen LogP contribution is -2.23. The van der Waals surface area contributed by atoms with E-state index >= 15 is 0 Å². The lowest BCUT2D eigenvalue weighted by molar-refractivity contribution is 0.338. The largest absolute Gasteiger partial charge is 0.502 e. The molecular weight excluding hydrogens is 254 g/mol. The summed E-state index contributed by atoms with van der Waals surface area (Å²) in [6.45, 7) is 4.07. The van der Waals surface area contributed by atoms with Gasteiger partial charge in [0.1, 0.15) is 0 Å². The van der Waals surface area contributed by atoms with Gasteiger partial charge in [-0.25, -0.2) is 0 Å². The van der Waals surface area contributed by atoms with Crippen molar-refractivity contribution in [1.82, 2.24) is 5.32 Å². The van der Waals surface area contributed by atoms with Gasteiger partial charge in [-0.3, -0.25) is 0 Å². The van der Waals surface area contributed by atoms with Crippen molar-refractivity contribution < 1.29 is 14.6 Å². The Morgan fingerprint density at radius 2 is 1.80 bits per heavy atom. The molecule has 1 saturated carbocycles. The van der Waals surface area contributed by atoms with Gasteiger partial charge in [0.2, 0.25) is 5.75 Å². The fourth-order valence-corrected chi connectivity index (χ4v) is 2.74. The van der Waals surface area contributed by atoms with Crippen molar-refractivity contribution in [3.05, 3.63) is 17.7 Å². The molecule has 1 aliphatic rings. The maximum Gasteiger partial charge on any atom is 0.200 e. The Morgan fingerprint density at radius 1 is 1.20 bits per heavy atom. The van der Waals surface area contributed by atoms with Crippen LogP contribution in [-0.2, 0) is 6.54 Å². The maximum absolute atomic E-state index is 9.88. The van der Waals surface area contributed by atoms with Crippen molar-refractivity contribution in [2.24, 2.45) is 5.41 Å². The lowest BCUT2D eigenvalue weighted by Gasteiger charge is -2.16. The van der Waals surface area contributed by atoms with Crippen LogP contribution in [0.2, 0.25) is 0 Å². The van der Waals surface area contributed by atoms with E-state index in [1.807, 2.05) is 12.1 Å². The van der Waals surface area contributed by atoms with Gasteiger partial charge >= 0.3 is 0 Å². The van der Waals surface area contributed by atoms with E-state index in [9.17, 15) is 5.11 Å². The molecular formula is C16H25NO3. The highest BCUT2D eigenvalue weighted by Crippen LogP contribution is 2.49. The second kappa shape index (κ2) is 6.35. The van der Waals surface area contributed by atoms with Crippen LogP contribution in [0.25, 0.3) is 0 Å². The van der Waals surface area contributed by atoms with Gasteiger partial charge in [0.15, 0.2) is 11.5 Å². The van der Waals surface area contributed by atoms with E-state index in [0.29, 0.717) is 16.9 Å². The molecule has 4 heteroatoms. The first-order valence-electron chi connectivity index (χ1n) is 7.29. The fraction of sp³-hybridized carbons (Fsp3) is 0.625. The van der Waals surface area contributed by atoms with E-state index in [4.69, 9.17) is 9.47 Å². The highest BCUT2D eigenvalue weighted by molar-refractivity contribution is 5.52. The quantitative estimate of drug-likeness (QED) is 0.768. The Morgan fingerprint density at radius 3 is 2.25 bits per heavy atom. The molecule has 2 rings (SSSR count). The topological polar surface area (TPSA) is 50.7 Å². The second-order valence-electron chi connectivity index (χ2n) is 5.70. The van der Waals surface area contributed by atoms with E-state index in [0.717, 1.165) is 18.7 Å². The summed E-state index contributed by atoms with van der Waals surface area (Å²) in [5.74, 6) is 0.968. The molecule has 1 aromatic carbocycles. The van der Waals surface area contributed by atoms with Crippen LogP contribution in [0.1, 0.15) is 38.2 Å². The van der Waals surface area contributed by atoms with Gasteiger partial charge in [-0.05, 0) is 42.4 Å². The first-order valence-corrected chi connectivity index (χ1v) is 7.29. The summed E-state index contributed by atoms with van der Waals surface area (Å²) in [6, 6.07) is 3.70. The van der Waals surface area contributed by atoms with Crippen LogP contribution in [0.15, 0.2) is 12.1 Å². The first kappa shape index (κ1) is 15.0. The number of rotatable bonds is 8. The summed E-state index contributed by atoms with van der Waals surface area (Å²) >= 11 is 0. The summed E-state index contributed by atoms with van der Waals surface area (Å²) < 4.78 is 10.3. The third kappa shape index (κ3) is 3.37. The molecule has 0 aliphatic heterocycles. The molecule has 2 N–H and O–H groups in total. The van der Waals surface area contributed by atoms with E-state index in [-0.39, 0.29) is 5.75 Å². The lowest BCUT2D eigenvalue weighted by atomic mass is 10.0. The summed E-state index contributed by atoms with van der Waals surface area (Å²) in [6.07, 6.45) is 5.25. The van der Waals surface area contributed by atoms with Gasteiger partial charge in [0.05, 0.1) is 14.2 Å². The maximum atomic E-state index is 9.88. The average molecular weight is 279 g/mol. The van der Waals surface area contributed by atoms with Crippen LogP contribution in [0.4, 0.5) is 0 Å². The summed E-state index contributed by atoms with van der Waals surface area (Å²) in [5, 5.41) is 13.4. The highest BCUT2D eigenvalue weighted by Gasteiger charge is 2.40. The first-order chi connectivity index (χ1) is 9.64. The van der Waals surface area contributed by atoms with Crippen LogP contribution < -0.4 is 14.8 Å². The van der Waals surface area contributed by atoms with E-state index in [2.05, 4.69) is 12.2 Å². The number of nitrogens with one attached hydrogen (secondary N) is 1. The molecule has 0 amide bonds. The minimum atomic E-state index is 0.0587. The molecule has 0 saturated heterocycles. The van der Waals surface area contributed by atoms with Crippen LogP contribution >= 0.6 is 0 Å². The average Bonchev–Trinajstić information content (AvgIpc) is 3.20. The molecule has 1 aliphatic carbocycles. The molecule has 1 aromatic rings. The molecule has 0 unspecified atom stereocenters. The predicted molar refractivity (Wildman–Crippen MR) is 79.5 cm³/mol. The van der Waals surface area contributed by atoms with Crippen LogP contribution in [0.3, 0.4) is 0 Å². The Labute approximate surface area is 121 Å². The van der Waals surface area contributed by atoms with E-state index in [1.165, 1.54) is 25.7 Å². The molecule has 1 fully saturated rings. The van der Waals surface area contributed by atoms with Gasteiger partial charge in [0, 0.05) is 13.1 Å². The molecule has 0 atom stereocenters. The Kier molecular flexibility index (Phi) is 4.76.